The molecule has 158 valence electrons. The molecule has 0 amide bonds. The van der Waals surface area contributed by atoms with Crippen LogP contribution in [0.2, 0.25) is 0 Å². The van der Waals surface area contributed by atoms with Crippen LogP contribution in [0.4, 0.5) is 0 Å². The lowest BCUT2D eigenvalue weighted by molar-refractivity contribution is -0.0176. The summed E-state index contributed by atoms with van der Waals surface area (Å²) in [6, 6.07) is 6.95. The van der Waals surface area contributed by atoms with E-state index in [-0.39, 0.29) is 18.5 Å². The average molecular weight is 395 g/mol. The second-order valence-electron chi connectivity index (χ2n) is 7.68. The number of ketones is 1. The topological polar surface area (TPSA) is 82.5 Å². The van der Waals surface area contributed by atoms with Crippen molar-refractivity contribution in [2.75, 3.05) is 52.5 Å². The molecule has 0 aliphatic carbocycles. The molecule has 2 rings (SSSR count). The molecule has 0 aromatic heterocycles. The lowest BCUT2D eigenvalue weighted by Gasteiger charge is -2.36. The van der Waals surface area contributed by atoms with E-state index >= 15 is 0 Å². The quantitative estimate of drug-likeness (QED) is 0.543. The highest BCUT2D eigenvalue weighted by atomic mass is 16.5. The lowest BCUT2D eigenvalue weighted by atomic mass is 10.1. The van der Waals surface area contributed by atoms with Crippen LogP contribution in [0.1, 0.15) is 31.1 Å². The highest BCUT2D eigenvalue weighted by Gasteiger charge is 2.21. The molecule has 1 heterocycles. The van der Waals surface area contributed by atoms with E-state index < -0.39 is 12.2 Å². The fourth-order valence-corrected chi connectivity index (χ4v) is 3.14. The summed E-state index contributed by atoms with van der Waals surface area (Å²) in [5.74, 6) is 0.664. The fraction of sp³-hybridized carbons (Fsp3) is 0.667. The zero-order valence-corrected chi connectivity index (χ0v) is 17.2. The molecule has 1 aromatic rings. The zero-order chi connectivity index (χ0) is 20.5. The van der Waals surface area contributed by atoms with Gasteiger partial charge in [0, 0.05) is 44.8 Å². The van der Waals surface area contributed by atoms with E-state index in [2.05, 4.69) is 9.80 Å². The van der Waals surface area contributed by atoms with Crippen molar-refractivity contribution in [3.8, 4) is 5.75 Å². The number of piperazine rings is 1. The average Bonchev–Trinajstić information content (AvgIpc) is 2.66. The Morgan fingerprint density at radius 3 is 1.93 bits per heavy atom. The van der Waals surface area contributed by atoms with E-state index in [0.717, 1.165) is 26.2 Å². The number of carbonyl (C=O) groups excluding carboxylic acids is 1. The second kappa shape index (κ2) is 11.5. The molecule has 2 N–H and O–H groups in total. The van der Waals surface area contributed by atoms with Crippen LogP contribution in [0, 0.1) is 0 Å². The molecule has 0 radical (unpaired) electrons. The van der Waals surface area contributed by atoms with Crippen molar-refractivity contribution in [2.24, 2.45) is 0 Å². The number of carbonyl (C=O) groups is 1. The van der Waals surface area contributed by atoms with Gasteiger partial charge in [-0.3, -0.25) is 14.6 Å². The first kappa shape index (κ1) is 22.8. The Hall–Kier alpha value is -1.51. The largest absolute Gasteiger partial charge is 0.491 e. The number of aliphatic hydroxyl groups is 2. The summed E-state index contributed by atoms with van der Waals surface area (Å²) in [6.07, 6.45) is -0.923. The van der Waals surface area contributed by atoms with Gasteiger partial charge in [0.2, 0.25) is 0 Å². The lowest BCUT2D eigenvalue weighted by Crippen LogP contribution is -2.51. The summed E-state index contributed by atoms with van der Waals surface area (Å²) in [5, 5.41) is 20.3. The van der Waals surface area contributed by atoms with E-state index in [1.165, 1.54) is 6.92 Å². The highest BCUT2D eigenvalue weighted by Crippen LogP contribution is 2.13. The molecule has 1 aliphatic heterocycles. The predicted molar refractivity (Wildman–Crippen MR) is 108 cm³/mol. The van der Waals surface area contributed by atoms with Gasteiger partial charge < -0.3 is 19.7 Å². The highest BCUT2D eigenvalue weighted by molar-refractivity contribution is 5.94. The monoisotopic (exact) mass is 394 g/mol. The van der Waals surface area contributed by atoms with Gasteiger partial charge in [-0.25, -0.2) is 0 Å². The molecular formula is C21H34N2O5. The molecule has 1 aromatic carbocycles. The van der Waals surface area contributed by atoms with Gasteiger partial charge in [-0.1, -0.05) is 0 Å². The Morgan fingerprint density at radius 1 is 0.964 bits per heavy atom. The summed E-state index contributed by atoms with van der Waals surface area (Å²) >= 11 is 0. The van der Waals surface area contributed by atoms with Crippen molar-refractivity contribution in [1.29, 1.82) is 0 Å². The Labute approximate surface area is 167 Å². The summed E-state index contributed by atoms with van der Waals surface area (Å²) < 4.78 is 11.1. The number of β-amino-alcohol motifs (C(OH)–C–C–N with tert-alkyl or cyclic N) is 2. The minimum atomic E-state index is -0.580. The molecular weight excluding hydrogens is 360 g/mol. The number of Topliss-reactive ketones (excluding diaryl/α,β-unsaturated/α-hetero) is 1. The van der Waals surface area contributed by atoms with Gasteiger partial charge in [-0.2, -0.15) is 0 Å². The van der Waals surface area contributed by atoms with E-state index in [1.54, 1.807) is 24.3 Å². The number of hydrogen-bond acceptors (Lipinski definition) is 7. The summed E-state index contributed by atoms with van der Waals surface area (Å²) in [5.41, 5.74) is 0.645. The Balaban J connectivity index is 1.63. The fourth-order valence-electron chi connectivity index (χ4n) is 3.14. The second-order valence-corrected chi connectivity index (χ2v) is 7.68. The molecule has 1 saturated heterocycles. The molecule has 0 spiro atoms. The molecule has 0 bridgehead atoms. The van der Waals surface area contributed by atoms with E-state index in [9.17, 15) is 15.0 Å². The first-order valence-electron chi connectivity index (χ1n) is 9.99. The van der Waals surface area contributed by atoms with Gasteiger partial charge in [-0.15, -0.1) is 0 Å². The van der Waals surface area contributed by atoms with Crippen molar-refractivity contribution < 1.29 is 24.5 Å². The van der Waals surface area contributed by atoms with E-state index in [4.69, 9.17) is 9.47 Å². The van der Waals surface area contributed by atoms with Crippen LogP contribution in [-0.4, -0.2) is 96.6 Å². The minimum absolute atomic E-state index is 0.0192. The maximum absolute atomic E-state index is 11.3. The molecule has 1 aliphatic rings. The molecule has 28 heavy (non-hydrogen) atoms. The van der Waals surface area contributed by atoms with Crippen LogP contribution in [-0.2, 0) is 4.74 Å². The van der Waals surface area contributed by atoms with Gasteiger partial charge in [0.15, 0.2) is 5.78 Å². The molecule has 0 unspecified atom stereocenters. The van der Waals surface area contributed by atoms with Gasteiger partial charge in [0.05, 0.1) is 18.8 Å². The molecule has 7 heteroatoms. The summed E-state index contributed by atoms with van der Waals surface area (Å²) in [7, 11) is 0. The third-order valence-corrected chi connectivity index (χ3v) is 4.73. The summed E-state index contributed by atoms with van der Waals surface area (Å²) in [4.78, 5) is 15.7. The summed E-state index contributed by atoms with van der Waals surface area (Å²) in [6.45, 7) is 10.6. The van der Waals surface area contributed by atoms with Crippen LogP contribution >= 0.6 is 0 Å². The van der Waals surface area contributed by atoms with Crippen molar-refractivity contribution in [1.82, 2.24) is 9.80 Å². The number of ether oxygens (including phenoxy) is 2. The van der Waals surface area contributed by atoms with Crippen LogP contribution in [0.3, 0.4) is 0 Å². The minimum Gasteiger partial charge on any atom is -0.491 e. The third-order valence-electron chi connectivity index (χ3n) is 4.73. The normalized spacial score (nSPS) is 18.2. The Bertz CT molecular complexity index is 585. The van der Waals surface area contributed by atoms with Gasteiger partial charge in [0.25, 0.3) is 0 Å². The van der Waals surface area contributed by atoms with Gasteiger partial charge in [-0.05, 0) is 45.0 Å². The third kappa shape index (κ3) is 8.24. The number of hydrogen-bond donors (Lipinski definition) is 2. The van der Waals surface area contributed by atoms with Crippen LogP contribution < -0.4 is 4.74 Å². The van der Waals surface area contributed by atoms with Crippen LogP contribution in [0.15, 0.2) is 24.3 Å². The maximum atomic E-state index is 11.3. The van der Waals surface area contributed by atoms with E-state index in [1.807, 2.05) is 13.8 Å². The smallest absolute Gasteiger partial charge is 0.159 e. The first-order chi connectivity index (χ1) is 13.3. The van der Waals surface area contributed by atoms with Crippen LogP contribution in [0.25, 0.3) is 0 Å². The number of aliphatic hydroxyl groups excluding tert-OH is 2. The standard InChI is InChI=1S/C21H34N2O5/c1-16(2)27-14-19(25)12-22-8-10-23(11-9-22)13-20(26)15-28-21-6-4-18(5-7-21)17(3)24/h4-7,16,19-20,25-26H,8-15H2,1-3H3/t19-,20-/m1/s1. The zero-order valence-electron chi connectivity index (χ0n) is 17.2. The number of nitrogens with zero attached hydrogens (tertiary/aromatic N) is 2. The first-order valence-corrected chi connectivity index (χ1v) is 9.99. The van der Waals surface area contributed by atoms with Crippen LogP contribution in [0.5, 0.6) is 5.75 Å². The molecule has 0 saturated carbocycles. The molecule has 1 fully saturated rings. The SMILES string of the molecule is CC(=O)c1ccc(OC[C@H](O)CN2CCN(C[C@@H](O)COC(C)C)CC2)cc1. The van der Waals surface area contributed by atoms with Gasteiger partial charge >= 0.3 is 0 Å². The van der Waals surface area contributed by atoms with Crippen molar-refractivity contribution in [3.63, 3.8) is 0 Å². The van der Waals surface area contributed by atoms with Crippen molar-refractivity contribution in [3.05, 3.63) is 29.8 Å². The van der Waals surface area contributed by atoms with Crippen molar-refractivity contribution >= 4 is 5.78 Å². The number of rotatable bonds is 11. The van der Waals surface area contributed by atoms with E-state index in [0.29, 0.717) is 31.0 Å². The van der Waals surface area contributed by atoms with Gasteiger partial charge in [0.1, 0.15) is 18.5 Å². The Morgan fingerprint density at radius 2 is 1.46 bits per heavy atom. The Kier molecular flexibility index (Phi) is 9.34. The number of benzene rings is 1. The molecule has 2 atom stereocenters. The molecule has 7 nitrogen and oxygen atoms in total. The maximum Gasteiger partial charge on any atom is 0.159 e. The van der Waals surface area contributed by atoms with Crippen molar-refractivity contribution in [2.45, 2.75) is 39.1 Å². The predicted octanol–water partition coefficient (Wildman–Crippen LogP) is 1.03.